The van der Waals surface area contributed by atoms with Crippen molar-refractivity contribution in [2.24, 2.45) is 0 Å². The summed E-state index contributed by atoms with van der Waals surface area (Å²) in [5.74, 6) is 0. The van der Waals surface area contributed by atoms with Crippen molar-refractivity contribution < 1.29 is 5.11 Å². The topological polar surface area (TPSA) is 36.4 Å². The number of aryl methyl sites for hydroxylation is 1. The third-order valence-electron chi connectivity index (χ3n) is 2.77. The van der Waals surface area contributed by atoms with E-state index < -0.39 is 0 Å². The minimum absolute atomic E-state index is 0.227. The van der Waals surface area contributed by atoms with Crippen molar-refractivity contribution in [3.63, 3.8) is 0 Å². The summed E-state index contributed by atoms with van der Waals surface area (Å²) in [6, 6.07) is 8.40. The number of benzene rings is 1. The van der Waals surface area contributed by atoms with Gasteiger partial charge in [0.15, 0.2) is 0 Å². The molecule has 18 heavy (non-hydrogen) atoms. The van der Waals surface area contributed by atoms with E-state index >= 15 is 0 Å². The molecule has 0 fully saturated rings. The lowest BCUT2D eigenvalue weighted by Gasteiger charge is -2.11. The number of thiazole rings is 1. The van der Waals surface area contributed by atoms with E-state index in [4.69, 9.17) is 5.11 Å². The summed E-state index contributed by atoms with van der Waals surface area (Å²) in [5.41, 5.74) is 3.41. The molecule has 0 bridgehead atoms. The Morgan fingerprint density at radius 2 is 1.94 bits per heavy atom. The van der Waals surface area contributed by atoms with Gasteiger partial charge < -0.3 is 10.0 Å². The first-order valence-electron chi connectivity index (χ1n) is 6.03. The number of hydrogen-bond donors (Lipinski definition) is 1. The quantitative estimate of drug-likeness (QED) is 0.900. The summed E-state index contributed by atoms with van der Waals surface area (Å²) in [7, 11) is 4.07. The number of rotatable bonds is 5. The predicted molar refractivity (Wildman–Crippen MR) is 77.3 cm³/mol. The fourth-order valence-electron chi connectivity index (χ4n) is 1.72. The van der Waals surface area contributed by atoms with E-state index in [0.29, 0.717) is 0 Å². The van der Waals surface area contributed by atoms with Crippen molar-refractivity contribution in [1.29, 1.82) is 0 Å². The Labute approximate surface area is 112 Å². The maximum absolute atomic E-state index is 8.80. The molecule has 0 amide bonds. The maximum Gasteiger partial charge on any atom is 0.123 e. The molecule has 0 unspecified atom stereocenters. The van der Waals surface area contributed by atoms with Gasteiger partial charge in [0, 0.05) is 37.3 Å². The minimum Gasteiger partial charge on any atom is -0.396 e. The third kappa shape index (κ3) is 3.09. The van der Waals surface area contributed by atoms with Crippen molar-refractivity contribution in [1.82, 2.24) is 4.98 Å². The van der Waals surface area contributed by atoms with Gasteiger partial charge in [0.05, 0.1) is 5.69 Å². The molecule has 0 aliphatic rings. The van der Waals surface area contributed by atoms with Crippen LogP contribution in [0.2, 0.25) is 0 Å². The van der Waals surface area contributed by atoms with E-state index in [1.54, 1.807) is 11.3 Å². The van der Waals surface area contributed by atoms with E-state index in [1.165, 1.54) is 5.69 Å². The Kier molecular flexibility index (Phi) is 4.33. The van der Waals surface area contributed by atoms with Crippen molar-refractivity contribution in [2.75, 3.05) is 25.6 Å². The molecule has 96 valence electrons. The standard InChI is InChI=1S/C14H18N2OS/c1-16(2)13-7-5-11(6-8-13)14-15-12(10-18-14)4-3-9-17/h5-8,10,17H,3-4,9H2,1-2H3. The van der Waals surface area contributed by atoms with Gasteiger partial charge in [-0.15, -0.1) is 11.3 Å². The van der Waals surface area contributed by atoms with Gasteiger partial charge in [0.25, 0.3) is 0 Å². The summed E-state index contributed by atoms with van der Waals surface area (Å²) in [5, 5.41) is 11.9. The molecule has 0 aliphatic carbocycles. The number of hydrogen-bond acceptors (Lipinski definition) is 4. The van der Waals surface area contributed by atoms with E-state index in [0.717, 1.165) is 29.1 Å². The highest BCUT2D eigenvalue weighted by molar-refractivity contribution is 7.13. The molecule has 2 rings (SSSR count). The second-order valence-electron chi connectivity index (χ2n) is 4.41. The lowest BCUT2D eigenvalue weighted by Crippen LogP contribution is -2.07. The molecule has 2 aromatic rings. The molecule has 0 saturated heterocycles. The largest absolute Gasteiger partial charge is 0.396 e. The second kappa shape index (κ2) is 5.98. The fraction of sp³-hybridized carbons (Fsp3) is 0.357. The SMILES string of the molecule is CN(C)c1ccc(-c2nc(CCCO)cs2)cc1. The van der Waals surface area contributed by atoms with Gasteiger partial charge >= 0.3 is 0 Å². The van der Waals surface area contributed by atoms with Crippen LogP contribution in [0.25, 0.3) is 10.6 Å². The first-order chi connectivity index (χ1) is 8.70. The average molecular weight is 262 g/mol. The zero-order valence-corrected chi connectivity index (χ0v) is 11.6. The Bertz CT molecular complexity index is 491. The van der Waals surface area contributed by atoms with Gasteiger partial charge in [-0.25, -0.2) is 4.98 Å². The molecule has 0 aliphatic heterocycles. The lowest BCUT2D eigenvalue weighted by molar-refractivity contribution is 0.288. The van der Waals surface area contributed by atoms with Crippen LogP contribution in [0.15, 0.2) is 29.6 Å². The minimum atomic E-state index is 0.227. The van der Waals surface area contributed by atoms with Crippen LogP contribution < -0.4 is 4.90 Å². The van der Waals surface area contributed by atoms with Gasteiger partial charge in [-0.05, 0) is 37.1 Å². The van der Waals surface area contributed by atoms with Crippen molar-refractivity contribution in [3.8, 4) is 10.6 Å². The van der Waals surface area contributed by atoms with E-state index in [1.807, 2.05) is 14.1 Å². The van der Waals surface area contributed by atoms with Crippen LogP contribution in [0.5, 0.6) is 0 Å². The van der Waals surface area contributed by atoms with Crippen LogP contribution in [-0.2, 0) is 6.42 Å². The molecule has 1 aromatic heterocycles. The Hall–Kier alpha value is -1.39. The molecule has 1 N–H and O–H groups in total. The highest BCUT2D eigenvalue weighted by atomic mass is 32.1. The number of anilines is 1. The smallest absolute Gasteiger partial charge is 0.123 e. The van der Waals surface area contributed by atoms with Crippen LogP contribution in [0.1, 0.15) is 12.1 Å². The number of nitrogens with zero attached hydrogens (tertiary/aromatic N) is 2. The maximum atomic E-state index is 8.80. The van der Waals surface area contributed by atoms with E-state index in [9.17, 15) is 0 Å². The van der Waals surface area contributed by atoms with Crippen molar-refractivity contribution in [3.05, 3.63) is 35.3 Å². The predicted octanol–water partition coefficient (Wildman–Crippen LogP) is 2.80. The van der Waals surface area contributed by atoms with Crippen LogP contribution in [-0.4, -0.2) is 30.8 Å². The zero-order valence-electron chi connectivity index (χ0n) is 10.8. The average Bonchev–Trinajstić information content (AvgIpc) is 2.85. The number of aliphatic hydroxyl groups is 1. The van der Waals surface area contributed by atoms with E-state index in [2.05, 4.69) is 39.5 Å². The van der Waals surface area contributed by atoms with Crippen molar-refractivity contribution >= 4 is 17.0 Å². The van der Waals surface area contributed by atoms with Crippen LogP contribution in [0.3, 0.4) is 0 Å². The second-order valence-corrected chi connectivity index (χ2v) is 5.27. The van der Waals surface area contributed by atoms with Gasteiger partial charge in [-0.1, -0.05) is 0 Å². The van der Waals surface area contributed by atoms with Crippen molar-refractivity contribution in [2.45, 2.75) is 12.8 Å². The normalized spacial score (nSPS) is 10.6. The summed E-state index contributed by atoms with van der Waals surface area (Å²) in [6.07, 6.45) is 1.63. The molecule has 0 saturated carbocycles. The van der Waals surface area contributed by atoms with E-state index in [-0.39, 0.29) is 6.61 Å². The summed E-state index contributed by atoms with van der Waals surface area (Å²) in [4.78, 5) is 6.67. The lowest BCUT2D eigenvalue weighted by atomic mass is 10.2. The summed E-state index contributed by atoms with van der Waals surface area (Å²) in [6.45, 7) is 0.227. The molecule has 0 radical (unpaired) electrons. The molecular formula is C14H18N2OS. The molecular weight excluding hydrogens is 244 g/mol. The first kappa shape index (κ1) is 13.1. The molecule has 4 heteroatoms. The molecule has 0 atom stereocenters. The van der Waals surface area contributed by atoms with Gasteiger partial charge in [-0.3, -0.25) is 0 Å². The van der Waals surface area contributed by atoms with Gasteiger partial charge in [-0.2, -0.15) is 0 Å². The highest BCUT2D eigenvalue weighted by Gasteiger charge is 2.05. The summed E-state index contributed by atoms with van der Waals surface area (Å²) >= 11 is 1.66. The van der Waals surface area contributed by atoms with Crippen LogP contribution in [0.4, 0.5) is 5.69 Å². The zero-order chi connectivity index (χ0) is 13.0. The molecule has 1 aromatic carbocycles. The summed E-state index contributed by atoms with van der Waals surface area (Å²) < 4.78 is 0. The molecule has 0 spiro atoms. The monoisotopic (exact) mass is 262 g/mol. The Balaban J connectivity index is 2.13. The van der Waals surface area contributed by atoms with Crippen LogP contribution >= 0.6 is 11.3 Å². The first-order valence-corrected chi connectivity index (χ1v) is 6.91. The Morgan fingerprint density at radius 3 is 2.56 bits per heavy atom. The van der Waals surface area contributed by atoms with Gasteiger partial charge in [0.1, 0.15) is 5.01 Å². The molecule has 3 nitrogen and oxygen atoms in total. The number of aromatic nitrogens is 1. The van der Waals surface area contributed by atoms with Gasteiger partial charge in [0.2, 0.25) is 0 Å². The third-order valence-corrected chi connectivity index (χ3v) is 3.71. The van der Waals surface area contributed by atoms with Crippen LogP contribution in [0, 0.1) is 0 Å². The number of aliphatic hydroxyl groups excluding tert-OH is 1. The fourth-order valence-corrected chi connectivity index (χ4v) is 2.58. The Morgan fingerprint density at radius 1 is 1.22 bits per heavy atom. The highest BCUT2D eigenvalue weighted by Crippen LogP contribution is 2.26. The molecule has 1 heterocycles.